The summed E-state index contributed by atoms with van der Waals surface area (Å²) in [5.41, 5.74) is 0.644. The average Bonchev–Trinajstić information content (AvgIpc) is 2.73. The zero-order valence-corrected chi connectivity index (χ0v) is 9.09. The van der Waals surface area contributed by atoms with Crippen LogP contribution in [-0.4, -0.2) is 14.9 Å². The van der Waals surface area contributed by atoms with Gasteiger partial charge >= 0.3 is 0 Å². The molecule has 0 aliphatic carbocycles. The first-order valence-electron chi connectivity index (χ1n) is 4.08. The molecule has 5 heteroatoms. The van der Waals surface area contributed by atoms with Crippen LogP contribution in [0.25, 0.3) is 0 Å². The number of hydrogen-bond acceptors (Lipinski definition) is 3. The molecule has 0 spiro atoms. The van der Waals surface area contributed by atoms with Crippen molar-refractivity contribution >= 4 is 22.9 Å². The summed E-state index contributed by atoms with van der Waals surface area (Å²) < 4.78 is 1.66. The van der Waals surface area contributed by atoms with Crippen LogP contribution in [-0.2, 0) is 7.05 Å². The molecule has 74 valence electrons. The molecule has 14 heavy (non-hydrogen) atoms. The predicted molar refractivity (Wildman–Crippen MR) is 56.6 cm³/mol. The Labute approximate surface area is 90.6 Å². The van der Waals surface area contributed by atoms with Crippen LogP contribution in [0.5, 0.6) is 0 Å². The lowest BCUT2D eigenvalue weighted by molar-refractivity contribution is 0.218. The van der Waals surface area contributed by atoms with E-state index >= 15 is 0 Å². The second-order valence-electron chi connectivity index (χ2n) is 2.98. The third kappa shape index (κ3) is 1.82. The molecular formula is C9H9ClN2OS. The molecular weight excluding hydrogens is 220 g/mol. The van der Waals surface area contributed by atoms with Gasteiger partial charge in [0.25, 0.3) is 0 Å². The highest BCUT2D eigenvalue weighted by Gasteiger charge is 2.14. The molecule has 0 fully saturated rings. The minimum Gasteiger partial charge on any atom is -0.381 e. The highest BCUT2D eigenvalue weighted by molar-refractivity contribution is 7.10. The van der Waals surface area contributed by atoms with Crippen molar-refractivity contribution < 1.29 is 5.11 Å². The van der Waals surface area contributed by atoms with Crippen molar-refractivity contribution in [1.29, 1.82) is 0 Å². The van der Waals surface area contributed by atoms with Gasteiger partial charge in [0.05, 0.1) is 10.7 Å². The highest BCUT2D eigenvalue weighted by atomic mass is 35.5. The second-order valence-corrected chi connectivity index (χ2v) is 4.36. The quantitative estimate of drug-likeness (QED) is 0.856. The molecule has 0 aromatic carbocycles. The molecule has 0 aliphatic rings. The minimum atomic E-state index is -0.673. The zero-order valence-electron chi connectivity index (χ0n) is 7.51. The maximum atomic E-state index is 9.89. The number of aryl methyl sites for hydroxylation is 1. The molecule has 1 N–H and O–H groups in total. The van der Waals surface area contributed by atoms with Crippen molar-refractivity contribution in [3.05, 3.63) is 39.3 Å². The summed E-state index contributed by atoms with van der Waals surface area (Å²) in [6, 6.07) is 3.55. The van der Waals surface area contributed by atoms with Crippen molar-refractivity contribution in [2.45, 2.75) is 6.10 Å². The van der Waals surface area contributed by atoms with E-state index in [9.17, 15) is 5.11 Å². The van der Waals surface area contributed by atoms with Crippen LogP contribution in [0.15, 0.2) is 23.7 Å². The number of aliphatic hydroxyl groups is 1. The second kappa shape index (κ2) is 3.73. The maximum Gasteiger partial charge on any atom is 0.132 e. The van der Waals surface area contributed by atoms with Gasteiger partial charge in [0.15, 0.2) is 0 Å². The van der Waals surface area contributed by atoms with Gasteiger partial charge in [0.2, 0.25) is 0 Å². The van der Waals surface area contributed by atoms with Gasteiger partial charge in [0.1, 0.15) is 6.10 Å². The minimum absolute atomic E-state index is 0.644. The SMILES string of the molecule is Cn1ccc(C(O)c2cc(Cl)cs2)n1. The van der Waals surface area contributed by atoms with Crippen LogP contribution < -0.4 is 0 Å². The molecule has 2 rings (SSSR count). The van der Waals surface area contributed by atoms with Crippen LogP contribution in [0, 0.1) is 0 Å². The summed E-state index contributed by atoms with van der Waals surface area (Å²) >= 11 is 7.20. The van der Waals surface area contributed by atoms with Crippen LogP contribution in [0.4, 0.5) is 0 Å². The lowest BCUT2D eigenvalue weighted by Gasteiger charge is -2.03. The Hall–Kier alpha value is -0.840. The van der Waals surface area contributed by atoms with E-state index in [0.29, 0.717) is 10.7 Å². The number of rotatable bonds is 2. The first-order valence-corrected chi connectivity index (χ1v) is 5.34. The fourth-order valence-electron chi connectivity index (χ4n) is 1.20. The topological polar surface area (TPSA) is 38.0 Å². The van der Waals surface area contributed by atoms with E-state index in [1.54, 1.807) is 28.4 Å². The fourth-order valence-corrected chi connectivity index (χ4v) is 2.27. The average molecular weight is 229 g/mol. The molecule has 0 bridgehead atoms. The normalized spacial score (nSPS) is 13.1. The molecule has 0 saturated carbocycles. The van der Waals surface area contributed by atoms with E-state index in [0.717, 1.165) is 4.88 Å². The zero-order chi connectivity index (χ0) is 10.1. The van der Waals surface area contributed by atoms with E-state index in [-0.39, 0.29) is 0 Å². The molecule has 0 aliphatic heterocycles. The van der Waals surface area contributed by atoms with Crippen LogP contribution in [0.2, 0.25) is 5.02 Å². The lowest BCUT2D eigenvalue weighted by Crippen LogP contribution is -1.99. The Bertz CT molecular complexity index is 397. The van der Waals surface area contributed by atoms with Crippen molar-refractivity contribution in [1.82, 2.24) is 9.78 Å². The largest absolute Gasteiger partial charge is 0.381 e. The van der Waals surface area contributed by atoms with Crippen molar-refractivity contribution in [2.24, 2.45) is 7.05 Å². The number of aromatic nitrogens is 2. The van der Waals surface area contributed by atoms with Crippen LogP contribution in [0.1, 0.15) is 16.7 Å². The van der Waals surface area contributed by atoms with Gasteiger partial charge in [-0.3, -0.25) is 4.68 Å². The van der Waals surface area contributed by atoms with Crippen molar-refractivity contribution in [2.75, 3.05) is 0 Å². The number of thiophene rings is 1. The first-order chi connectivity index (χ1) is 6.66. The summed E-state index contributed by atoms with van der Waals surface area (Å²) in [4.78, 5) is 0.814. The number of halogens is 1. The number of nitrogens with zero attached hydrogens (tertiary/aromatic N) is 2. The summed E-state index contributed by atoms with van der Waals surface area (Å²) in [5.74, 6) is 0. The van der Waals surface area contributed by atoms with Gasteiger partial charge < -0.3 is 5.11 Å². The Morgan fingerprint density at radius 3 is 2.93 bits per heavy atom. The van der Waals surface area contributed by atoms with Gasteiger partial charge in [-0.25, -0.2) is 0 Å². The van der Waals surface area contributed by atoms with Crippen LogP contribution in [0.3, 0.4) is 0 Å². The molecule has 0 radical (unpaired) electrons. The van der Waals surface area contributed by atoms with Crippen molar-refractivity contribution in [3.63, 3.8) is 0 Å². The van der Waals surface area contributed by atoms with Crippen molar-refractivity contribution in [3.8, 4) is 0 Å². The van der Waals surface area contributed by atoms with E-state index < -0.39 is 6.10 Å². The monoisotopic (exact) mass is 228 g/mol. The van der Waals surface area contributed by atoms with E-state index in [1.165, 1.54) is 11.3 Å². The summed E-state index contributed by atoms with van der Waals surface area (Å²) in [6.07, 6.45) is 1.13. The van der Waals surface area contributed by atoms with Gasteiger partial charge in [-0.1, -0.05) is 11.6 Å². The van der Waals surface area contributed by atoms with Gasteiger partial charge in [-0.15, -0.1) is 11.3 Å². The predicted octanol–water partition coefficient (Wildman–Crippen LogP) is 2.22. The standard InChI is InChI=1S/C9H9ClN2OS/c1-12-3-2-7(11-12)9(13)8-4-6(10)5-14-8/h2-5,9,13H,1H3. The smallest absolute Gasteiger partial charge is 0.132 e. The summed E-state index contributed by atoms with van der Waals surface area (Å²) in [6.45, 7) is 0. The molecule has 1 unspecified atom stereocenters. The Morgan fingerprint density at radius 1 is 1.64 bits per heavy atom. The third-order valence-electron chi connectivity index (χ3n) is 1.87. The molecule has 1 atom stereocenters. The molecule has 2 aromatic heterocycles. The van der Waals surface area contributed by atoms with Crippen LogP contribution >= 0.6 is 22.9 Å². The van der Waals surface area contributed by atoms with E-state index in [1.807, 2.05) is 7.05 Å². The molecule has 0 amide bonds. The molecule has 3 nitrogen and oxygen atoms in total. The van der Waals surface area contributed by atoms with E-state index in [2.05, 4.69) is 5.10 Å². The summed E-state index contributed by atoms with van der Waals surface area (Å²) in [5, 5.41) is 16.5. The van der Waals surface area contributed by atoms with Gasteiger partial charge in [-0.2, -0.15) is 5.10 Å². The molecule has 2 heterocycles. The molecule has 2 aromatic rings. The summed E-state index contributed by atoms with van der Waals surface area (Å²) in [7, 11) is 1.82. The first kappa shape index (κ1) is 9.71. The fraction of sp³-hybridized carbons (Fsp3) is 0.222. The van der Waals surface area contributed by atoms with E-state index in [4.69, 9.17) is 11.6 Å². The maximum absolute atomic E-state index is 9.89. The van der Waals surface area contributed by atoms with Gasteiger partial charge in [-0.05, 0) is 12.1 Å². The Morgan fingerprint density at radius 2 is 2.43 bits per heavy atom. The highest BCUT2D eigenvalue weighted by Crippen LogP contribution is 2.28. The number of aliphatic hydroxyl groups excluding tert-OH is 1. The Kier molecular flexibility index (Phi) is 2.58. The molecule has 0 saturated heterocycles. The number of hydrogen-bond donors (Lipinski definition) is 1. The lowest BCUT2D eigenvalue weighted by atomic mass is 10.2. The van der Waals surface area contributed by atoms with Gasteiger partial charge in [0, 0.05) is 23.5 Å². The third-order valence-corrected chi connectivity index (χ3v) is 3.20. The Balaban J connectivity index is 2.28.